The number of carbonyl (C=O) groups is 3. The summed E-state index contributed by atoms with van der Waals surface area (Å²) in [4.78, 5) is 35.2. The minimum atomic E-state index is -1.14. The Morgan fingerprint density at radius 3 is 2.13 bits per heavy atom. The number of barbiturate groups is 1. The molecule has 23 heavy (non-hydrogen) atoms. The smallest absolute Gasteiger partial charge is 0.328 e. The molecule has 0 atom stereocenters. The van der Waals surface area contributed by atoms with Crippen molar-refractivity contribution in [3.63, 3.8) is 0 Å². The number of hydrogen-bond acceptors (Lipinski definition) is 4. The molecule has 4 amide bonds. The molecule has 0 aromatic heterocycles. The Balaban J connectivity index is 1.94. The van der Waals surface area contributed by atoms with Crippen LogP contribution in [0.1, 0.15) is 11.5 Å². The van der Waals surface area contributed by atoms with E-state index in [1.165, 1.54) is 0 Å². The van der Waals surface area contributed by atoms with Crippen molar-refractivity contribution in [1.29, 1.82) is 0 Å². The maximum Gasteiger partial charge on any atom is 0.328 e. The molecule has 0 bridgehead atoms. The summed E-state index contributed by atoms with van der Waals surface area (Å²) in [5.41, 5.74) is 0.387. The molecule has 0 unspecified atom stereocenters. The minimum Gasteiger partial charge on any atom is -0.457 e. The fourth-order valence-corrected chi connectivity index (χ4v) is 2.51. The van der Waals surface area contributed by atoms with Gasteiger partial charge in [-0.15, -0.1) is 0 Å². The van der Waals surface area contributed by atoms with Crippen molar-refractivity contribution in [2.24, 2.45) is 0 Å². The van der Waals surface area contributed by atoms with E-state index in [9.17, 15) is 14.4 Å². The molecule has 0 saturated carbocycles. The van der Waals surface area contributed by atoms with Crippen LogP contribution in [0.25, 0.3) is 0 Å². The third-order valence-electron chi connectivity index (χ3n) is 3.27. The lowest BCUT2D eigenvalue weighted by atomic mass is 9.95. The zero-order valence-corrected chi connectivity index (χ0v) is 13.3. The largest absolute Gasteiger partial charge is 0.457 e. The number of para-hydroxylation sites is 1. The highest BCUT2D eigenvalue weighted by molar-refractivity contribution is 9.10. The predicted molar refractivity (Wildman–Crippen MR) is 85.1 cm³/mol. The van der Waals surface area contributed by atoms with E-state index in [4.69, 9.17) is 4.74 Å². The Morgan fingerprint density at radius 1 is 0.870 bits per heavy atom. The van der Waals surface area contributed by atoms with Gasteiger partial charge in [0.25, 0.3) is 0 Å². The molecular formula is C16H11BrN2O4. The van der Waals surface area contributed by atoms with Crippen LogP contribution < -0.4 is 15.4 Å². The number of urea groups is 1. The van der Waals surface area contributed by atoms with Crippen LogP contribution in [-0.2, 0) is 9.59 Å². The first kappa shape index (κ1) is 15.2. The molecule has 0 aliphatic carbocycles. The average molecular weight is 375 g/mol. The highest BCUT2D eigenvalue weighted by Gasteiger charge is 2.37. The van der Waals surface area contributed by atoms with E-state index < -0.39 is 23.8 Å². The fourth-order valence-electron chi connectivity index (χ4n) is 2.24. The van der Waals surface area contributed by atoms with Crippen molar-refractivity contribution in [2.75, 3.05) is 0 Å². The molecule has 116 valence electrons. The van der Waals surface area contributed by atoms with Gasteiger partial charge in [-0.3, -0.25) is 20.2 Å². The van der Waals surface area contributed by atoms with Crippen molar-refractivity contribution in [2.45, 2.75) is 5.92 Å². The number of nitrogens with one attached hydrogen (secondary N) is 2. The van der Waals surface area contributed by atoms with Crippen molar-refractivity contribution in [3.8, 4) is 11.5 Å². The van der Waals surface area contributed by atoms with Gasteiger partial charge in [0.15, 0.2) is 0 Å². The quantitative estimate of drug-likeness (QED) is 0.808. The topological polar surface area (TPSA) is 84.5 Å². The molecule has 2 aromatic rings. The summed E-state index contributed by atoms with van der Waals surface area (Å²) < 4.78 is 6.68. The molecule has 1 aliphatic rings. The van der Waals surface area contributed by atoms with E-state index in [2.05, 4.69) is 26.6 Å². The predicted octanol–water partition coefficient (Wildman–Crippen LogP) is 2.69. The Bertz CT molecular complexity index is 769. The lowest BCUT2D eigenvalue weighted by Gasteiger charge is -2.22. The standard InChI is InChI=1S/C16H11BrN2O4/c17-9-5-7-10(8-6-9)23-12-4-2-1-3-11(12)13-14(20)18-16(22)19-15(13)21/h1-8,13H,(H2,18,19,20,21,22). The molecule has 1 aliphatic heterocycles. The van der Waals surface area contributed by atoms with Gasteiger partial charge in [-0.25, -0.2) is 4.79 Å². The molecule has 0 spiro atoms. The van der Waals surface area contributed by atoms with Crippen molar-refractivity contribution in [3.05, 3.63) is 58.6 Å². The maximum atomic E-state index is 12.0. The van der Waals surface area contributed by atoms with Gasteiger partial charge in [0.2, 0.25) is 11.8 Å². The lowest BCUT2D eigenvalue weighted by Crippen LogP contribution is -2.54. The number of imide groups is 2. The van der Waals surface area contributed by atoms with Crippen LogP contribution in [0, 0.1) is 0 Å². The molecule has 2 aromatic carbocycles. The summed E-state index contributed by atoms with van der Waals surface area (Å²) in [5, 5.41) is 4.17. The number of hydrogen-bond donors (Lipinski definition) is 2. The monoisotopic (exact) mass is 374 g/mol. The van der Waals surface area contributed by atoms with E-state index in [0.717, 1.165) is 4.47 Å². The van der Waals surface area contributed by atoms with Gasteiger partial charge in [0.05, 0.1) is 0 Å². The number of carbonyl (C=O) groups excluding carboxylic acids is 3. The van der Waals surface area contributed by atoms with Crippen LogP contribution in [0.15, 0.2) is 53.0 Å². The van der Waals surface area contributed by atoms with E-state index in [0.29, 0.717) is 17.1 Å². The summed E-state index contributed by atoms with van der Waals surface area (Å²) in [6.07, 6.45) is 0. The fraction of sp³-hybridized carbons (Fsp3) is 0.0625. The summed E-state index contributed by atoms with van der Waals surface area (Å²) in [7, 11) is 0. The zero-order valence-electron chi connectivity index (χ0n) is 11.7. The second-order valence-electron chi connectivity index (χ2n) is 4.83. The van der Waals surface area contributed by atoms with Crippen LogP contribution in [0.5, 0.6) is 11.5 Å². The third kappa shape index (κ3) is 3.24. The Kier molecular flexibility index (Phi) is 4.12. The van der Waals surface area contributed by atoms with Crippen LogP contribution in [0.2, 0.25) is 0 Å². The van der Waals surface area contributed by atoms with Gasteiger partial charge in [-0.05, 0) is 30.3 Å². The first-order chi connectivity index (χ1) is 11.0. The Hall–Kier alpha value is -2.67. The summed E-state index contributed by atoms with van der Waals surface area (Å²) in [6, 6.07) is 13.0. The molecule has 6 nitrogen and oxygen atoms in total. The SMILES string of the molecule is O=C1NC(=O)C(c2ccccc2Oc2ccc(Br)cc2)C(=O)N1. The highest BCUT2D eigenvalue weighted by Crippen LogP contribution is 2.32. The summed E-state index contributed by atoms with van der Waals surface area (Å²) in [5.74, 6) is -1.55. The first-order valence-electron chi connectivity index (χ1n) is 6.72. The van der Waals surface area contributed by atoms with Gasteiger partial charge in [-0.1, -0.05) is 34.1 Å². The van der Waals surface area contributed by atoms with Crippen molar-refractivity contribution < 1.29 is 19.1 Å². The number of ether oxygens (including phenoxy) is 1. The molecule has 1 fully saturated rings. The van der Waals surface area contributed by atoms with Gasteiger partial charge in [-0.2, -0.15) is 0 Å². The highest BCUT2D eigenvalue weighted by atomic mass is 79.9. The molecular weight excluding hydrogens is 364 g/mol. The third-order valence-corrected chi connectivity index (χ3v) is 3.80. The van der Waals surface area contributed by atoms with Crippen molar-refractivity contribution in [1.82, 2.24) is 10.6 Å². The van der Waals surface area contributed by atoms with E-state index >= 15 is 0 Å². The van der Waals surface area contributed by atoms with Gasteiger partial charge < -0.3 is 4.74 Å². The maximum absolute atomic E-state index is 12.0. The molecule has 3 rings (SSSR count). The summed E-state index contributed by atoms with van der Waals surface area (Å²) in [6.45, 7) is 0. The second-order valence-corrected chi connectivity index (χ2v) is 5.75. The number of amides is 4. The first-order valence-corrected chi connectivity index (χ1v) is 7.52. The van der Waals surface area contributed by atoms with E-state index in [-0.39, 0.29) is 0 Å². The summed E-state index contributed by atoms with van der Waals surface area (Å²) >= 11 is 3.34. The Morgan fingerprint density at radius 2 is 1.48 bits per heavy atom. The molecule has 7 heteroatoms. The zero-order chi connectivity index (χ0) is 16.4. The number of rotatable bonds is 3. The van der Waals surface area contributed by atoms with Crippen LogP contribution in [-0.4, -0.2) is 17.8 Å². The molecule has 2 N–H and O–H groups in total. The minimum absolute atomic E-state index is 0.375. The average Bonchev–Trinajstić information content (AvgIpc) is 2.50. The number of benzene rings is 2. The molecule has 0 radical (unpaired) electrons. The van der Waals surface area contributed by atoms with Crippen LogP contribution >= 0.6 is 15.9 Å². The lowest BCUT2D eigenvalue weighted by molar-refractivity contribution is -0.132. The van der Waals surface area contributed by atoms with E-state index in [1.807, 2.05) is 12.1 Å². The van der Waals surface area contributed by atoms with Gasteiger partial charge in [0, 0.05) is 10.0 Å². The molecule has 1 heterocycles. The van der Waals surface area contributed by atoms with Gasteiger partial charge >= 0.3 is 6.03 Å². The van der Waals surface area contributed by atoms with Crippen molar-refractivity contribution >= 4 is 33.8 Å². The van der Waals surface area contributed by atoms with Crippen LogP contribution in [0.3, 0.4) is 0 Å². The van der Waals surface area contributed by atoms with E-state index in [1.54, 1.807) is 36.4 Å². The normalized spacial score (nSPS) is 15.1. The Labute approximate surface area is 140 Å². The van der Waals surface area contributed by atoms with Crippen LogP contribution in [0.4, 0.5) is 4.79 Å². The number of halogens is 1. The molecule has 1 saturated heterocycles. The van der Waals surface area contributed by atoms with Gasteiger partial charge in [0.1, 0.15) is 17.4 Å². The second kappa shape index (κ2) is 6.21.